The van der Waals surface area contributed by atoms with E-state index in [-0.39, 0.29) is 5.75 Å². The summed E-state index contributed by atoms with van der Waals surface area (Å²) in [4.78, 5) is 6.58. The van der Waals surface area contributed by atoms with Gasteiger partial charge in [0.15, 0.2) is 0 Å². The van der Waals surface area contributed by atoms with Gasteiger partial charge >= 0.3 is 0 Å². The zero-order valence-corrected chi connectivity index (χ0v) is 10.6. The number of rotatable bonds is 1. The molecule has 0 spiro atoms. The summed E-state index contributed by atoms with van der Waals surface area (Å²) >= 11 is 0. The van der Waals surface area contributed by atoms with Crippen molar-refractivity contribution in [3.63, 3.8) is 0 Å². The smallest absolute Gasteiger partial charge is 0.115 e. The summed E-state index contributed by atoms with van der Waals surface area (Å²) in [5.74, 6) is 0.263. The number of phenols is 1. The Hall–Kier alpha value is -2.55. The topological polar surface area (TPSA) is 35.8 Å². The maximum atomic E-state index is 9.39. The molecule has 0 amide bonds. The highest BCUT2D eigenvalue weighted by Crippen LogP contribution is 2.26. The lowest BCUT2D eigenvalue weighted by Crippen LogP contribution is -2.11. The lowest BCUT2D eigenvalue weighted by Gasteiger charge is -2.17. The number of nitrogens with zero attached hydrogens (tertiary/aromatic N) is 2. The molecule has 0 saturated heterocycles. The van der Waals surface area contributed by atoms with Gasteiger partial charge in [0.05, 0.1) is 5.71 Å². The van der Waals surface area contributed by atoms with Crippen molar-refractivity contribution < 1.29 is 5.11 Å². The third-order valence-electron chi connectivity index (χ3n) is 3.17. The number of hydrogen-bond donors (Lipinski definition) is 1. The van der Waals surface area contributed by atoms with Crippen LogP contribution < -0.4 is 4.90 Å². The average Bonchev–Trinajstić information content (AvgIpc) is 2.60. The highest BCUT2D eigenvalue weighted by molar-refractivity contribution is 6.16. The molecule has 0 bridgehead atoms. The summed E-state index contributed by atoms with van der Waals surface area (Å²) < 4.78 is 0. The number of aliphatic imine (C=N–C) groups is 1. The lowest BCUT2D eigenvalue weighted by molar-refractivity contribution is 0.475. The van der Waals surface area contributed by atoms with Gasteiger partial charge in [-0.2, -0.15) is 0 Å². The van der Waals surface area contributed by atoms with Crippen LogP contribution in [0.5, 0.6) is 5.75 Å². The van der Waals surface area contributed by atoms with E-state index in [2.05, 4.69) is 17.1 Å². The molecule has 0 aliphatic carbocycles. The second-order valence-corrected chi connectivity index (χ2v) is 4.45. The molecule has 1 N–H and O–H groups in total. The van der Waals surface area contributed by atoms with E-state index in [4.69, 9.17) is 0 Å². The van der Waals surface area contributed by atoms with Gasteiger partial charge in [-0.15, -0.1) is 0 Å². The summed E-state index contributed by atoms with van der Waals surface area (Å²) in [5.41, 5.74) is 4.10. The quantitative estimate of drug-likeness (QED) is 0.844. The molecule has 3 heteroatoms. The van der Waals surface area contributed by atoms with Crippen LogP contribution >= 0.6 is 0 Å². The lowest BCUT2D eigenvalue weighted by atomic mass is 10.0. The highest BCUT2D eigenvalue weighted by Gasteiger charge is 2.14. The molecular weight excluding hydrogens is 236 g/mol. The second-order valence-electron chi connectivity index (χ2n) is 4.45. The molecule has 94 valence electrons. The molecule has 0 atom stereocenters. The van der Waals surface area contributed by atoms with Gasteiger partial charge in [-0.1, -0.05) is 18.2 Å². The first-order valence-corrected chi connectivity index (χ1v) is 6.12. The highest BCUT2D eigenvalue weighted by atomic mass is 16.3. The van der Waals surface area contributed by atoms with Gasteiger partial charge in [-0.25, -0.2) is 0 Å². The Labute approximate surface area is 112 Å². The summed E-state index contributed by atoms with van der Waals surface area (Å²) in [6.07, 6.45) is 3.73. The van der Waals surface area contributed by atoms with Gasteiger partial charge < -0.3 is 10.0 Å². The van der Waals surface area contributed by atoms with Crippen LogP contribution in [0, 0.1) is 0 Å². The monoisotopic (exact) mass is 250 g/mol. The number of phenolic OH excluding ortho intramolecular Hbond substituents is 1. The van der Waals surface area contributed by atoms with Crippen molar-refractivity contribution in [2.24, 2.45) is 4.99 Å². The van der Waals surface area contributed by atoms with Crippen LogP contribution in [0.2, 0.25) is 0 Å². The minimum Gasteiger partial charge on any atom is -0.508 e. The summed E-state index contributed by atoms with van der Waals surface area (Å²) in [6.45, 7) is 0. The Bertz CT molecular complexity index is 657. The molecule has 1 aliphatic heterocycles. The molecule has 19 heavy (non-hydrogen) atoms. The van der Waals surface area contributed by atoms with Crippen molar-refractivity contribution in [3.05, 3.63) is 72.1 Å². The van der Waals surface area contributed by atoms with Crippen LogP contribution in [-0.2, 0) is 0 Å². The maximum absolute atomic E-state index is 9.39. The van der Waals surface area contributed by atoms with Crippen molar-refractivity contribution >= 4 is 11.4 Å². The third kappa shape index (κ3) is 2.10. The van der Waals surface area contributed by atoms with Crippen LogP contribution in [0.3, 0.4) is 0 Å². The molecule has 0 unspecified atom stereocenters. The molecule has 0 aromatic heterocycles. The number of anilines is 1. The first-order chi connectivity index (χ1) is 9.25. The number of hydrogen-bond acceptors (Lipinski definition) is 3. The summed E-state index contributed by atoms with van der Waals surface area (Å²) in [6, 6.07) is 15.3. The van der Waals surface area contributed by atoms with Gasteiger partial charge in [-0.05, 0) is 30.3 Å². The van der Waals surface area contributed by atoms with Gasteiger partial charge in [-0.3, -0.25) is 4.99 Å². The van der Waals surface area contributed by atoms with E-state index < -0.39 is 0 Å². The van der Waals surface area contributed by atoms with Crippen LogP contribution in [-0.4, -0.2) is 17.9 Å². The molecule has 3 nitrogen and oxygen atoms in total. The van der Waals surface area contributed by atoms with E-state index in [1.165, 1.54) is 0 Å². The molecule has 2 aromatic rings. The molecule has 0 radical (unpaired) electrons. The predicted octanol–water partition coefficient (Wildman–Crippen LogP) is 3.15. The van der Waals surface area contributed by atoms with Crippen molar-refractivity contribution in [2.75, 3.05) is 11.9 Å². The summed E-state index contributed by atoms with van der Waals surface area (Å²) in [7, 11) is 2.00. The predicted molar refractivity (Wildman–Crippen MR) is 77.7 cm³/mol. The minimum atomic E-state index is 0.263. The second kappa shape index (κ2) is 4.61. The molecule has 3 rings (SSSR count). The average molecular weight is 250 g/mol. The van der Waals surface area contributed by atoms with Crippen LogP contribution in [0.25, 0.3) is 0 Å². The van der Waals surface area contributed by atoms with Crippen LogP contribution in [0.4, 0.5) is 5.69 Å². The first kappa shape index (κ1) is 11.5. The van der Waals surface area contributed by atoms with E-state index >= 15 is 0 Å². The zero-order chi connectivity index (χ0) is 13.2. The Balaban J connectivity index is 2.16. The molecule has 0 saturated carbocycles. The molecule has 0 fully saturated rings. The normalized spacial score (nSPS) is 13.7. The van der Waals surface area contributed by atoms with E-state index in [9.17, 15) is 5.11 Å². The fraction of sp³-hybridized carbons (Fsp3) is 0.0625. The van der Waals surface area contributed by atoms with Gasteiger partial charge in [0.1, 0.15) is 5.75 Å². The zero-order valence-electron chi connectivity index (χ0n) is 10.6. The van der Waals surface area contributed by atoms with Crippen molar-refractivity contribution in [2.45, 2.75) is 0 Å². The van der Waals surface area contributed by atoms with Crippen LogP contribution in [0.1, 0.15) is 11.1 Å². The number of benzene rings is 2. The number of fused-ring (bicyclic) bond motifs is 1. The standard InChI is InChI=1S/C16H14N2O/c1-18-11-10-17-16(12-6-8-13(19)9-7-12)14-4-2-3-5-15(14)18/h2-11,19H,1H3. The Kier molecular flexibility index (Phi) is 2.80. The SMILES string of the molecule is CN1C=CN=C(c2ccc(O)cc2)c2ccccc21. The fourth-order valence-corrected chi connectivity index (χ4v) is 2.19. The molecule has 1 aliphatic rings. The Morgan fingerprint density at radius 2 is 1.74 bits per heavy atom. The van der Waals surface area contributed by atoms with E-state index in [0.717, 1.165) is 22.5 Å². The van der Waals surface area contributed by atoms with Crippen molar-refractivity contribution in [1.29, 1.82) is 0 Å². The van der Waals surface area contributed by atoms with Gasteiger partial charge in [0.25, 0.3) is 0 Å². The van der Waals surface area contributed by atoms with Crippen molar-refractivity contribution in [3.8, 4) is 5.75 Å². The van der Waals surface area contributed by atoms with E-state index in [1.807, 2.05) is 42.4 Å². The Morgan fingerprint density at radius 3 is 2.53 bits per heavy atom. The molecular formula is C16H14N2O. The van der Waals surface area contributed by atoms with Crippen molar-refractivity contribution in [1.82, 2.24) is 0 Å². The largest absolute Gasteiger partial charge is 0.508 e. The van der Waals surface area contributed by atoms with Crippen LogP contribution in [0.15, 0.2) is 65.9 Å². The summed E-state index contributed by atoms with van der Waals surface area (Å²) in [5, 5.41) is 9.39. The van der Waals surface area contributed by atoms with E-state index in [1.54, 1.807) is 18.3 Å². The number of aromatic hydroxyl groups is 1. The molecule has 2 aromatic carbocycles. The fourth-order valence-electron chi connectivity index (χ4n) is 2.19. The Morgan fingerprint density at radius 1 is 1.00 bits per heavy atom. The molecule has 1 heterocycles. The minimum absolute atomic E-state index is 0.263. The van der Waals surface area contributed by atoms with Gasteiger partial charge in [0, 0.05) is 36.3 Å². The van der Waals surface area contributed by atoms with E-state index in [0.29, 0.717) is 0 Å². The third-order valence-corrected chi connectivity index (χ3v) is 3.17. The maximum Gasteiger partial charge on any atom is 0.115 e. The first-order valence-electron chi connectivity index (χ1n) is 6.12. The van der Waals surface area contributed by atoms with Gasteiger partial charge in [0.2, 0.25) is 0 Å². The number of para-hydroxylation sites is 1.